The number of benzene rings is 1. The van der Waals surface area contributed by atoms with Crippen LogP contribution in [0.25, 0.3) is 0 Å². The molecule has 0 unspecified atom stereocenters. The molecule has 1 aromatic carbocycles. The van der Waals surface area contributed by atoms with Gasteiger partial charge in [0.25, 0.3) is 0 Å². The predicted octanol–water partition coefficient (Wildman–Crippen LogP) is 2.87. The van der Waals surface area contributed by atoms with Crippen LogP contribution in [-0.2, 0) is 6.42 Å². The largest absolute Gasteiger partial charge is 0.402 e. The quantitative estimate of drug-likeness (QED) is 0.748. The minimum Gasteiger partial charge on any atom is -0.402 e. The van der Waals surface area contributed by atoms with Crippen LogP contribution in [0, 0.1) is 0 Å². The summed E-state index contributed by atoms with van der Waals surface area (Å²) >= 11 is 0. The number of nitrogens with two attached hydrogens (primary N) is 1. The summed E-state index contributed by atoms with van der Waals surface area (Å²) in [5.41, 5.74) is 8.07. The van der Waals surface area contributed by atoms with Crippen molar-refractivity contribution in [2.45, 2.75) is 26.2 Å². The molecule has 0 saturated heterocycles. The molecular formula is C12H17N. The number of rotatable bonds is 4. The zero-order valence-electron chi connectivity index (χ0n) is 8.16. The van der Waals surface area contributed by atoms with Crippen LogP contribution in [0.3, 0.4) is 0 Å². The molecule has 0 fully saturated rings. The molecule has 2 N–H and O–H groups in total. The van der Waals surface area contributed by atoms with Crippen LogP contribution >= 0.6 is 0 Å². The molecule has 1 aromatic rings. The molecule has 0 aliphatic heterocycles. The Morgan fingerprint density at radius 3 is 2.62 bits per heavy atom. The van der Waals surface area contributed by atoms with Crippen molar-refractivity contribution in [2.75, 3.05) is 0 Å². The molecule has 0 saturated carbocycles. The highest BCUT2D eigenvalue weighted by Gasteiger charge is 1.89. The van der Waals surface area contributed by atoms with Crippen LogP contribution in [0.15, 0.2) is 42.1 Å². The van der Waals surface area contributed by atoms with Gasteiger partial charge in [0.15, 0.2) is 0 Å². The lowest BCUT2D eigenvalue weighted by molar-refractivity contribution is 0.958. The number of aryl methyl sites for hydroxylation is 1. The standard InChI is InChI=1S/C12H17N/c1-2-12(13)10-6-9-11-7-4-3-5-8-11/h3-5,7-8,10H,2,6,9,13H2,1H3. The predicted molar refractivity (Wildman–Crippen MR) is 57.3 cm³/mol. The normalized spacial score (nSPS) is 11.6. The molecule has 1 nitrogen and oxygen atoms in total. The first-order chi connectivity index (χ1) is 6.33. The Bertz CT molecular complexity index is 262. The molecule has 0 radical (unpaired) electrons. The lowest BCUT2D eigenvalue weighted by Crippen LogP contribution is -1.94. The minimum atomic E-state index is 0.953. The fraction of sp³-hybridized carbons (Fsp3) is 0.333. The Labute approximate surface area is 80.3 Å². The summed E-state index contributed by atoms with van der Waals surface area (Å²) in [5.74, 6) is 0. The van der Waals surface area contributed by atoms with E-state index in [-0.39, 0.29) is 0 Å². The molecule has 0 heterocycles. The zero-order chi connectivity index (χ0) is 9.52. The van der Waals surface area contributed by atoms with Crippen LogP contribution in [0.1, 0.15) is 25.3 Å². The summed E-state index contributed by atoms with van der Waals surface area (Å²) in [6.45, 7) is 2.08. The average Bonchev–Trinajstić information content (AvgIpc) is 2.19. The highest BCUT2D eigenvalue weighted by atomic mass is 14.6. The molecular weight excluding hydrogens is 158 g/mol. The Kier molecular flexibility index (Phi) is 4.10. The van der Waals surface area contributed by atoms with E-state index >= 15 is 0 Å². The van der Waals surface area contributed by atoms with Gasteiger partial charge in [0.05, 0.1) is 0 Å². The second-order valence-corrected chi connectivity index (χ2v) is 3.16. The molecule has 0 aliphatic carbocycles. The molecule has 0 aromatic heterocycles. The van der Waals surface area contributed by atoms with Gasteiger partial charge < -0.3 is 5.73 Å². The third-order valence-corrected chi connectivity index (χ3v) is 2.09. The van der Waals surface area contributed by atoms with Crippen molar-refractivity contribution in [3.63, 3.8) is 0 Å². The van der Waals surface area contributed by atoms with Gasteiger partial charge in [-0.05, 0) is 24.8 Å². The van der Waals surface area contributed by atoms with E-state index in [2.05, 4.69) is 37.3 Å². The van der Waals surface area contributed by atoms with Gasteiger partial charge in [-0.25, -0.2) is 0 Å². The fourth-order valence-electron chi connectivity index (χ4n) is 1.21. The first-order valence-corrected chi connectivity index (χ1v) is 4.81. The molecule has 13 heavy (non-hydrogen) atoms. The third kappa shape index (κ3) is 3.79. The summed E-state index contributed by atoms with van der Waals surface area (Å²) in [6, 6.07) is 10.5. The van der Waals surface area contributed by atoms with Gasteiger partial charge in [0, 0.05) is 5.70 Å². The van der Waals surface area contributed by atoms with Crippen LogP contribution in [0.2, 0.25) is 0 Å². The van der Waals surface area contributed by atoms with Gasteiger partial charge in [0.1, 0.15) is 0 Å². The van der Waals surface area contributed by atoms with E-state index < -0.39 is 0 Å². The summed E-state index contributed by atoms with van der Waals surface area (Å²) in [7, 11) is 0. The molecule has 1 rings (SSSR count). The maximum Gasteiger partial charge on any atom is 0.00373 e. The molecule has 0 atom stereocenters. The number of hydrogen-bond donors (Lipinski definition) is 1. The van der Waals surface area contributed by atoms with Crippen molar-refractivity contribution in [2.24, 2.45) is 5.73 Å². The lowest BCUT2D eigenvalue weighted by Gasteiger charge is -1.98. The van der Waals surface area contributed by atoms with Gasteiger partial charge in [0.2, 0.25) is 0 Å². The van der Waals surface area contributed by atoms with Crippen molar-refractivity contribution in [3.8, 4) is 0 Å². The lowest BCUT2D eigenvalue weighted by atomic mass is 10.1. The maximum atomic E-state index is 5.70. The Balaban J connectivity index is 2.36. The van der Waals surface area contributed by atoms with Gasteiger partial charge in [-0.1, -0.05) is 43.3 Å². The molecule has 0 aliphatic rings. The summed E-state index contributed by atoms with van der Waals surface area (Å²) in [6.07, 6.45) is 5.20. The number of hydrogen-bond acceptors (Lipinski definition) is 1. The van der Waals surface area contributed by atoms with E-state index in [1.165, 1.54) is 5.56 Å². The van der Waals surface area contributed by atoms with Gasteiger partial charge in [-0.3, -0.25) is 0 Å². The Morgan fingerprint density at radius 1 is 1.31 bits per heavy atom. The Hall–Kier alpha value is -1.24. The summed E-state index contributed by atoms with van der Waals surface area (Å²) in [4.78, 5) is 0. The number of allylic oxidation sites excluding steroid dienone is 2. The first kappa shape index (κ1) is 9.85. The van der Waals surface area contributed by atoms with E-state index in [4.69, 9.17) is 5.73 Å². The van der Waals surface area contributed by atoms with Crippen LogP contribution in [0.5, 0.6) is 0 Å². The summed E-state index contributed by atoms with van der Waals surface area (Å²) < 4.78 is 0. The van der Waals surface area contributed by atoms with E-state index in [9.17, 15) is 0 Å². The minimum absolute atomic E-state index is 0.953. The van der Waals surface area contributed by atoms with Crippen molar-refractivity contribution >= 4 is 0 Å². The Morgan fingerprint density at radius 2 is 2.00 bits per heavy atom. The zero-order valence-corrected chi connectivity index (χ0v) is 8.16. The van der Waals surface area contributed by atoms with E-state index in [1.54, 1.807) is 0 Å². The van der Waals surface area contributed by atoms with Crippen LogP contribution in [0.4, 0.5) is 0 Å². The van der Waals surface area contributed by atoms with Crippen LogP contribution < -0.4 is 5.73 Å². The maximum absolute atomic E-state index is 5.70. The molecule has 0 bridgehead atoms. The topological polar surface area (TPSA) is 26.0 Å². The van der Waals surface area contributed by atoms with Crippen molar-refractivity contribution in [1.29, 1.82) is 0 Å². The molecule has 70 valence electrons. The fourth-order valence-corrected chi connectivity index (χ4v) is 1.21. The van der Waals surface area contributed by atoms with Gasteiger partial charge in [-0.2, -0.15) is 0 Å². The summed E-state index contributed by atoms with van der Waals surface area (Å²) in [5, 5.41) is 0. The van der Waals surface area contributed by atoms with Gasteiger partial charge >= 0.3 is 0 Å². The van der Waals surface area contributed by atoms with Gasteiger partial charge in [-0.15, -0.1) is 0 Å². The molecule has 1 heteroatoms. The van der Waals surface area contributed by atoms with E-state index in [1.807, 2.05) is 6.07 Å². The van der Waals surface area contributed by atoms with Crippen molar-refractivity contribution < 1.29 is 0 Å². The highest BCUT2D eigenvalue weighted by Crippen LogP contribution is 2.04. The van der Waals surface area contributed by atoms with E-state index in [0.29, 0.717) is 0 Å². The second-order valence-electron chi connectivity index (χ2n) is 3.16. The van der Waals surface area contributed by atoms with Crippen LogP contribution in [-0.4, -0.2) is 0 Å². The second kappa shape index (κ2) is 5.41. The van der Waals surface area contributed by atoms with E-state index in [0.717, 1.165) is 25.0 Å². The smallest absolute Gasteiger partial charge is 0.00373 e. The third-order valence-electron chi connectivity index (χ3n) is 2.09. The highest BCUT2D eigenvalue weighted by molar-refractivity contribution is 5.15. The molecule has 0 amide bonds. The SMILES string of the molecule is CCC(N)=CCCc1ccccc1. The first-order valence-electron chi connectivity index (χ1n) is 4.81. The monoisotopic (exact) mass is 175 g/mol. The average molecular weight is 175 g/mol. The molecule has 0 spiro atoms. The van der Waals surface area contributed by atoms with Crippen molar-refractivity contribution in [3.05, 3.63) is 47.7 Å². The van der Waals surface area contributed by atoms with Crippen molar-refractivity contribution in [1.82, 2.24) is 0 Å².